The van der Waals surface area contributed by atoms with Crippen LogP contribution in [0, 0.1) is 0 Å². The lowest BCUT2D eigenvalue weighted by Gasteiger charge is -2.08. The topological polar surface area (TPSA) is 48.4 Å². The van der Waals surface area contributed by atoms with Gasteiger partial charge in [0.2, 0.25) is 5.88 Å². The van der Waals surface area contributed by atoms with Crippen LogP contribution >= 0.6 is 0 Å². The lowest BCUT2D eigenvalue weighted by molar-refractivity contribution is 0.0600. The Morgan fingerprint density at radius 1 is 1.38 bits per heavy atom. The number of ether oxygens (including phenoxy) is 2. The van der Waals surface area contributed by atoms with Crippen LogP contribution < -0.4 is 4.74 Å². The minimum absolute atomic E-state index is 0.397. The Balaban J connectivity index is 3.32. The Labute approximate surface area is 94.9 Å². The van der Waals surface area contributed by atoms with Crippen molar-refractivity contribution in [1.82, 2.24) is 4.98 Å². The van der Waals surface area contributed by atoms with Gasteiger partial charge in [-0.05, 0) is 25.5 Å². The number of pyridine rings is 1. The highest BCUT2D eigenvalue weighted by Crippen LogP contribution is 2.20. The largest absolute Gasteiger partial charge is 0.481 e. The van der Waals surface area contributed by atoms with Gasteiger partial charge in [0, 0.05) is 6.07 Å². The second-order valence-electron chi connectivity index (χ2n) is 3.21. The summed E-state index contributed by atoms with van der Waals surface area (Å²) in [5, 5.41) is 0. The number of carbonyl (C=O) groups is 1. The lowest BCUT2D eigenvalue weighted by Crippen LogP contribution is -2.07. The number of allylic oxidation sites excluding steroid dienone is 2. The number of esters is 1. The first-order valence-corrected chi connectivity index (χ1v) is 4.90. The molecule has 0 atom stereocenters. The van der Waals surface area contributed by atoms with Gasteiger partial charge in [-0.3, -0.25) is 0 Å². The molecule has 1 aromatic heterocycles. The molecule has 4 heteroatoms. The van der Waals surface area contributed by atoms with Crippen molar-refractivity contribution in [2.24, 2.45) is 0 Å². The van der Waals surface area contributed by atoms with Crippen LogP contribution in [0.3, 0.4) is 0 Å². The quantitative estimate of drug-likeness (QED) is 0.735. The van der Waals surface area contributed by atoms with E-state index in [1.807, 2.05) is 19.9 Å². The third-order valence-electron chi connectivity index (χ3n) is 2.29. The van der Waals surface area contributed by atoms with Crippen molar-refractivity contribution < 1.29 is 14.3 Å². The molecule has 0 amide bonds. The zero-order chi connectivity index (χ0) is 12.1. The van der Waals surface area contributed by atoms with Crippen molar-refractivity contribution in [1.29, 1.82) is 0 Å². The molecule has 0 aliphatic rings. The van der Waals surface area contributed by atoms with Crippen LogP contribution in [0.25, 0.3) is 5.57 Å². The van der Waals surface area contributed by atoms with E-state index in [0.717, 1.165) is 5.57 Å². The summed E-state index contributed by atoms with van der Waals surface area (Å²) in [6.07, 6.45) is 1.88. The third-order valence-corrected chi connectivity index (χ3v) is 2.29. The molecular weight excluding hydrogens is 206 g/mol. The standard InChI is InChI=1S/C12H15NO3/c1-5-8(2)11-9(12(14)16-4)6-7-10(13-11)15-3/h5-7H,1-4H3. The van der Waals surface area contributed by atoms with Gasteiger partial charge < -0.3 is 9.47 Å². The first kappa shape index (κ1) is 12.2. The zero-order valence-electron chi connectivity index (χ0n) is 9.90. The maximum atomic E-state index is 11.5. The average molecular weight is 221 g/mol. The van der Waals surface area contributed by atoms with Crippen molar-refractivity contribution in [3.05, 3.63) is 29.5 Å². The fraction of sp³-hybridized carbons (Fsp3) is 0.333. The van der Waals surface area contributed by atoms with E-state index in [0.29, 0.717) is 17.1 Å². The van der Waals surface area contributed by atoms with Gasteiger partial charge in [-0.15, -0.1) is 0 Å². The molecule has 0 saturated heterocycles. The molecule has 1 aromatic rings. The van der Waals surface area contributed by atoms with Crippen LogP contribution in [0.5, 0.6) is 5.88 Å². The first-order chi connectivity index (χ1) is 7.63. The van der Waals surface area contributed by atoms with Gasteiger partial charge in [-0.1, -0.05) is 6.08 Å². The van der Waals surface area contributed by atoms with Crippen LogP contribution in [0.2, 0.25) is 0 Å². The van der Waals surface area contributed by atoms with Crippen LogP contribution in [-0.2, 0) is 4.74 Å². The van der Waals surface area contributed by atoms with Crippen molar-refractivity contribution in [3.63, 3.8) is 0 Å². The van der Waals surface area contributed by atoms with E-state index >= 15 is 0 Å². The van der Waals surface area contributed by atoms with Crippen molar-refractivity contribution in [3.8, 4) is 5.88 Å². The van der Waals surface area contributed by atoms with Crippen LogP contribution in [0.15, 0.2) is 18.2 Å². The molecular formula is C12H15NO3. The number of aromatic nitrogens is 1. The number of carbonyl (C=O) groups excluding carboxylic acids is 1. The Kier molecular flexibility index (Phi) is 4.05. The molecule has 0 radical (unpaired) electrons. The van der Waals surface area contributed by atoms with Gasteiger partial charge in [-0.2, -0.15) is 0 Å². The highest BCUT2D eigenvalue weighted by molar-refractivity contribution is 5.94. The molecule has 0 unspecified atom stereocenters. The van der Waals surface area contributed by atoms with Crippen molar-refractivity contribution in [2.75, 3.05) is 14.2 Å². The predicted octanol–water partition coefficient (Wildman–Crippen LogP) is 2.30. The molecule has 86 valence electrons. The zero-order valence-corrected chi connectivity index (χ0v) is 9.90. The summed E-state index contributed by atoms with van der Waals surface area (Å²) in [6, 6.07) is 3.29. The number of hydrogen-bond donors (Lipinski definition) is 0. The molecule has 0 bridgehead atoms. The molecule has 1 heterocycles. The van der Waals surface area contributed by atoms with Gasteiger partial charge in [0.05, 0.1) is 25.5 Å². The predicted molar refractivity (Wildman–Crippen MR) is 61.5 cm³/mol. The molecule has 4 nitrogen and oxygen atoms in total. The molecule has 0 aliphatic carbocycles. The molecule has 0 saturated carbocycles. The minimum atomic E-state index is -0.397. The Morgan fingerprint density at radius 3 is 2.56 bits per heavy atom. The minimum Gasteiger partial charge on any atom is -0.481 e. The monoisotopic (exact) mass is 221 g/mol. The Hall–Kier alpha value is -1.84. The van der Waals surface area contributed by atoms with Gasteiger partial charge in [0.15, 0.2) is 0 Å². The Bertz CT molecular complexity index is 424. The van der Waals surface area contributed by atoms with E-state index in [-0.39, 0.29) is 0 Å². The summed E-state index contributed by atoms with van der Waals surface area (Å²) in [5.41, 5.74) is 1.94. The summed E-state index contributed by atoms with van der Waals surface area (Å²) in [5.74, 6) is 0.0789. The van der Waals surface area contributed by atoms with E-state index in [1.165, 1.54) is 14.2 Å². The van der Waals surface area contributed by atoms with Crippen LogP contribution in [0.4, 0.5) is 0 Å². The summed E-state index contributed by atoms with van der Waals surface area (Å²) < 4.78 is 9.73. The number of hydrogen-bond acceptors (Lipinski definition) is 4. The van der Waals surface area contributed by atoms with Crippen molar-refractivity contribution >= 4 is 11.5 Å². The summed E-state index contributed by atoms with van der Waals surface area (Å²) in [7, 11) is 2.89. The molecule has 0 N–H and O–H groups in total. The van der Waals surface area contributed by atoms with Gasteiger partial charge in [0.1, 0.15) is 0 Å². The highest BCUT2D eigenvalue weighted by atomic mass is 16.5. The number of methoxy groups -OCH3 is 2. The fourth-order valence-electron chi connectivity index (χ4n) is 1.27. The summed E-state index contributed by atoms with van der Waals surface area (Å²) in [4.78, 5) is 15.8. The maximum Gasteiger partial charge on any atom is 0.340 e. The Morgan fingerprint density at radius 2 is 2.06 bits per heavy atom. The van der Waals surface area contributed by atoms with E-state index in [9.17, 15) is 4.79 Å². The maximum absolute atomic E-state index is 11.5. The average Bonchev–Trinajstić information content (AvgIpc) is 2.36. The van der Waals surface area contributed by atoms with Gasteiger partial charge in [0.25, 0.3) is 0 Å². The lowest BCUT2D eigenvalue weighted by atomic mass is 10.1. The van der Waals surface area contributed by atoms with E-state index in [1.54, 1.807) is 12.1 Å². The SMILES string of the molecule is CC=C(C)c1nc(OC)ccc1C(=O)OC. The molecule has 0 aromatic carbocycles. The molecule has 16 heavy (non-hydrogen) atoms. The van der Waals surface area contributed by atoms with Gasteiger partial charge >= 0.3 is 5.97 Å². The van der Waals surface area contributed by atoms with E-state index in [2.05, 4.69) is 4.98 Å². The third kappa shape index (κ3) is 2.39. The number of nitrogens with zero attached hydrogens (tertiary/aromatic N) is 1. The molecule has 1 rings (SSSR count). The summed E-state index contributed by atoms with van der Waals surface area (Å²) >= 11 is 0. The van der Waals surface area contributed by atoms with Crippen molar-refractivity contribution in [2.45, 2.75) is 13.8 Å². The molecule has 0 fully saturated rings. The second kappa shape index (κ2) is 5.30. The first-order valence-electron chi connectivity index (χ1n) is 4.90. The smallest absolute Gasteiger partial charge is 0.340 e. The highest BCUT2D eigenvalue weighted by Gasteiger charge is 2.15. The van der Waals surface area contributed by atoms with Crippen LogP contribution in [-0.4, -0.2) is 25.2 Å². The van der Waals surface area contributed by atoms with E-state index in [4.69, 9.17) is 9.47 Å². The molecule has 0 aliphatic heterocycles. The van der Waals surface area contributed by atoms with Crippen LogP contribution in [0.1, 0.15) is 29.9 Å². The van der Waals surface area contributed by atoms with E-state index < -0.39 is 5.97 Å². The van der Waals surface area contributed by atoms with Gasteiger partial charge in [-0.25, -0.2) is 9.78 Å². The summed E-state index contributed by atoms with van der Waals surface area (Å²) in [6.45, 7) is 3.77. The second-order valence-corrected chi connectivity index (χ2v) is 3.21. The molecule has 0 spiro atoms. The number of rotatable bonds is 3. The fourth-order valence-corrected chi connectivity index (χ4v) is 1.27. The normalized spacial score (nSPS) is 11.1.